The Hall–Kier alpha value is -2.04. The summed E-state index contributed by atoms with van der Waals surface area (Å²) in [6.45, 7) is 1.50. The molecule has 1 unspecified atom stereocenters. The van der Waals surface area contributed by atoms with Crippen molar-refractivity contribution in [2.24, 2.45) is 0 Å². The molecule has 18 heavy (non-hydrogen) atoms. The van der Waals surface area contributed by atoms with Gasteiger partial charge in [-0.2, -0.15) is 4.72 Å². The Morgan fingerprint density at radius 2 is 2.17 bits per heavy atom. The number of hydrogen-bond donors (Lipinski definition) is 3. The van der Waals surface area contributed by atoms with Crippen molar-refractivity contribution in [1.29, 1.82) is 0 Å². The van der Waals surface area contributed by atoms with E-state index in [4.69, 9.17) is 17.3 Å². The van der Waals surface area contributed by atoms with Crippen LogP contribution in [0, 0.1) is 12.3 Å². The molecular formula is C11H12N2O4S. The monoisotopic (exact) mass is 268 g/mol. The Balaban J connectivity index is 3.19. The first kappa shape index (κ1) is 14.0. The topological polar surface area (TPSA) is 109 Å². The molecule has 0 aliphatic rings. The summed E-state index contributed by atoms with van der Waals surface area (Å²) in [5, 5.41) is 8.74. The van der Waals surface area contributed by atoms with Crippen LogP contribution in [0.4, 0.5) is 5.69 Å². The average Bonchev–Trinajstić information content (AvgIpc) is 2.27. The van der Waals surface area contributed by atoms with Gasteiger partial charge in [-0.15, -0.1) is 6.42 Å². The van der Waals surface area contributed by atoms with Gasteiger partial charge in [-0.3, -0.25) is 0 Å². The molecule has 0 bridgehead atoms. The summed E-state index contributed by atoms with van der Waals surface area (Å²) in [6, 6.07) is 2.68. The molecule has 1 aromatic carbocycles. The number of terminal acetylenes is 1. The second-order valence-corrected chi connectivity index (χ2v) is 5.25. The van der Waals surface area contributed by atoms with E-state index >= 15 is 0 Å². The molecule has 96 valence electrons. The first-order valence-electron chi connectivity index (χ1n) is 4.89. The third-order valence-corrected chi connectivity index (χ3v) is 3.74. The lowest BCUT2D eigenvalue weighted by Gasteiger charge is -2.11. The number of nitrogen functional groups attached to an aromatic ring is 1. The van der Waals surface area contributed by atoms with Gasteiger partial charge < -0.3 is 10.8 Å². The third kappa shape index (κ3) is 3.00. The smallest absolute Gasteiger partial charge is 0.335 e. The summed E-state index contributed by atoms with van der Waals surface area (Å²) in [4.78, 5) is 10.5. The van der Waals surface area contributed by atoms with Gasteiger partial charge in [-0.05, 0) is 25.1 Å². The van der Waals surface area contributed by atoms with E-state index in [2.05, 4.69) is 10.6 Å². The molecule has 0 saturated carbocycles. The van der Waals surface area contributed by atoms with Gasteiger partial charge >= 0.3 is 5.97 Å². The van der Waals surface area contributed by atoms with E-state index in [1.54, 1.807) is 0 Å². The maximum Gasteiger partial charge on any atom is 0.335 e. The highest BCUT2D eigenvalue weighted by molar-refractivity contribution is 7.89. The standard InChI is InChI=1S/C11H12N2O4S/c1-3-7(2)13-18(16,17)10-5-4-8(11(14)15)6-9(10)12/h1,4-7,13H,12H2,2H3,(H,14,15). The fourth-order valence-corrected chi connectivity index (χ4v) is 2.53. The Morgan fingerprint density at radius 3 is 2.61 bits per heavy atom. The van der Waals surface area contributed by atoms with Crippen LogP contribution >= 0.6 is 0 Å². The summed E-state index contributed by atoms with van der Waals surface area (Å²) in [5.74, 6) is 1.03. The first-order chi connectivity index (χ1) is 8.27. The summed E-state index contributed by atoms with van der Waals surface area (Å²) in [6.07, 6.45) is 5.07. The van der Waals surface area contributed by atoms with Crippen LogP contribution in [0.2, 0.25) is 0 Å². The molecule has 0 aromatic heterocycles. The lowest BCUT2D eigenvalue weighted by atomic mass is 10.2. The van der Waals surface area contributed by atoms with Gasteiger partial charge in [-0.25, -0.2) is 13.2 Å². The minimum absolute atomic E-state index is 0.0866. The van der Waals surface area contributed by atoms with E-state index in [9.17, 15) is 13.2 Å². The molecule has 0 amide bonds. The van der Waals surface area contributed by atoms with Crippen LogP contribution < -0.4 is 10.5 Å². The Labute approximate surface area is 105 Å². The fourth-order valence-electron chi connectivity index (χ4n) is 1.26. The zero-order valence-corrected chi connectivity index (χ0v) is 10.4. The second kappa shape index (κ2) is 5.08. The number of hydrogen-bond acceptors (Lipinski definition) is 4. The quantitative estimate of drug-likeness (QED) is 0.536. The number of carbonyl (C=O) groups is 1. The summed E-state index contributed by atoms with van der Waals surface area (Å²) < 4.78 is 26.0. The van der Waals surface area contributed by atoms with Gasteiger partial charge in [0.15, 0.2) is 0 Å². The zero-order valence-electron chi connectivity index (χ0n) is 9.54. The number of sulfonamides is 1. The van der Waals surface area contributed by atoms with Gasteiger partial charge in [0.25, 0.3) is 0 Å². The first-order valence-corrected chi connectivity index (χ1v) is 6.37. The summed E-state index contributed by atoms with van der Waals surface area (Å²) >= 11 is 0. The molecule has 1 rings (SSSR count). The largest absolute Gasteiger partial charge is 0.478 e. The van der Waals surface area contributed by atoms with Gasteiger partial charge in [0.2, 0.25) is 10.0 Å². The van der Waals surface area contributed by atoms with Crippen LogP contribution in [0.5, 0.6) is 0 Å². The van der Waals surface area contributed by atoms with E-state index in [1.807, 2.05) is 0 Å². The molecule has 0 heterocycles. The number of anilines is 1. The maximum atomic E-state index is 11.9. The molecular weight excluding hydrogens is 256 g/mol. The Morgan fingerprint density at radius 1 is 1.56 bits per heavy atom. The van der Waals surface area contributed by atoms with Crippen molar-refractivity contribution in [1.82, 2.24) is 4.72 Å². The summed E-state index contributed by atoms with van der Waals surface area (Å²) in [7, 11) is -3.86. The maximum absolute atomic E-state index is 11.9. The third-order valence-electron chi connectivity index (χ3n) is 2.13. The minimum Gasteiger partial charge on any atom is -0.478 e. The highest BCUT2D eigenvalue weighted by Crippen LogP contribution is 2.20. The molecule has 0 spiro atoms. The van der Waals surface area contributed by atoms with E-state index in [0.29, 0.717) is 0 Å². The highest BCUT2D eigenvalue weighted by Gasteiger charge is 2.20. The molecule has 1 atom stereocenters. The zero-order chi connectivity index (χ0) is 13.9. The SMILES string of the molecule is C#CC(C)NS(=O)(=O)c1ccc(C(=O)O)cc1N. The molecule has 4 N–H and O–H groups in total. The lowest BCUT2D eigenvalue weighted by Crippen LogP contribution is -2.31. The molecule has 7 heteroatoms. The molecule has 6 nitrogen and oxygen atoms in total. The minimum atomic E-state index is -3.86. The lowest BCUT2D eigenvalue weighted by molar-refractivity contribution is 0.0697. The van der Waals surface area contributed by atoms with E-state index in [-0.39, 0.29) is 16.1 Å². The van der Waals surface area contributed by atoms with Crippen molar-refractivity contribution in [3.63, 3.8) is 0 Å². The van der Waals surface area contributed by atoms with Crippen LogP contribution in [0.25, 0.3) is 0 Å². The van der Waals surface area contributed by atoms with Gasteiger partial charge in [-0.1, -0.05) is 5.92 Å². The molecule has 0 radical (unpaired) electrons. The Kier molecular flexibility index (Phi) is 3.96. The van der Waals surface area contributed by atoms with E-state index < -0.39 is 22.0 Å². The van der Waals surface area contributed by atoms with Crippen molar-refractivity contribution < 1.29 is 18.3 Å². The van der Waals surface area contributed by atoms with Crippen LogP contribution in [0.3, 0.4) is 0 Å². The van der Waals surface area contributed by atoms with Crippen LogP contribution in [0.1, 0.15) is 17.3 Å². The van der Waals surface area contributed by atoms with Gasteiger partial charge in [0.1, 0.15) is 4.90 Å². The predicted octanol–water partition coefficient (Wildman–Crippen LogP) is 0.267. The van der Waals surface area contributed by atoms with Crippen LogP contribution in [-0.4, -0.2) is 25.5 Å². The normalized spacial score (nSPS) is 12.7. The molecule has 1 aromatic rings. The number of carboxylic acids is 1. The molecule has 0 aliphatic heterocycles. The molecule has 0 saturated heterocycles. The number of rotatable bonds is 4. The van der Waals surface area contributed by atoms with Crippen LogP contribution in [-0.2, 0) is 10.0 Å². The van der Waals surface area contributed by atoms with Crippen LogP contribution in [0.15, 0.2) is 23.1 Å². The van der Waals surface area contributed by atoms with Crippen molar-refractivity contribution in [3.05, 3.63) is 23.8 Å². The average molecular weight is 268 g/mol. The number of carboxylic acid groups (broad SMARTS) is 1. The second-order valence-electron chi connectivity index (χ2n) is 3.57. The fraction of sp³-hybridized carbons (Fsp3) is 0.182. The van der Waals surface area contributed by atoms with Crippen molar-refractivity contribution in [2.45, 2.75) is 17.9 Å². The van der Waals surface area contributed by atoms with Gasteiger partial charge in [0, 0.05) is 0 Å². The van der Waals surface area contributed by atoms with Crippen molar-refractivity contribution in [3.8, 4) is 12.3 Å². The van der Waals surface area contributed by atoms with Crippen molar-refractivity contribution >= 4 is 21.7 Å². The number of nitrogens with two attached hydrogens (primary N) is 1. The van der Waals surface area contributed by atoms with E-state index in [1.165, 1.54) is 6.92 Å². The number of nitrogens with one attached hydrogen (secondary N) is 1. The number of aromatic carboxylic acids is 1. The van der Waals surface area contributed by atoms with Gasteiger partial charge in [0.05, 0.1) is 17.3 Å². The molecule has 0 fully saturated rings. The van der Waals surface area contributed by atoms with Crippen molar-refractivity contribution in [2.75, 3.05) is 5.73 Å². The Bertz CT molecular complexity index is 616. The van der Waals surface area contributed by atoms with E-state index in [0.717, 1.165) is 18.2 Å². The molecule has 0 aliphatic carbocycles. The summed E-state index contributed by atoms with van der Waals surface area (Å²) in [5.41, 5.74) is 5.30. The highest BCUT2D eigenvalue weighted by atomic mass is 32.2. The number of benzene rings is 1. The predicted molar refractivity (Wildman–Crippen MR) is 66.4 cm³/mol.